The van der Waals surface area contributed by atoms with Gasteiger partial charge in [0, 0.05) is 26.2 Å². The summed E-state index contributed by atoms with van der Waals surface area (Å²) in [5.41, 5.74) is 1.94. The highest BCUT2D eigenvalue weighted by molar-refractivity contribution is 5.80. The number of nitrogens with zero attached hydrogens (tertiary/aromatic N) is 2. The number of piperidine rings is 1. The number of amides is 2. The SMILES string of the molecule is CC(C)(C)OC(=O)N1CCC[C@@H](C(=O)NCc2ccccc2CN2CCCC2)C1. The zero-order valence-electron chi connectivity index (χ0n) is 18.1. The lowest BCUT2D eigenvalue weighted by atomic mass is 9.97. The number of hydrogen-bond donors (Lipinski definition) is 1. The Morgan fingerprint density at radius 1 is 1.07 bits per heavy atom. The van der Waals surface area contributed by atoms with Crippen LogP contribution in [0.5, 0.6) is 0 Å². The minimum absolute atomic E-state index is 0.0224. The average molecular weight is 402 g/mol. The largest absolute Gasteiger partial charge is 0.444 e. The smallest absolute Gasteiger partial charge is 0.410 e. The second kappa shape index (κ2) is 9.61. The summed E-state index contributed by atoms with van der Waals surface area (Å²) in [5.74, 6) is -0.156. The van der Waals surface area contributed by atoms with Gasteiger partial charge in [-0.25, -0.2) is 4.79 Å². The second-order valence-corrected chi connectivity index (χ2v) is 9.24. The van der Waals surface area contributed by atoms with Crippen LogP contribution in [0.15, 0.2) is 24.3 Å². The summed E-state index contributed by atoms with van der Waals surface area (Å²) in [6, 6.07) is 8.35. The molecule has 2 saturated heterocycles. The van der Waals surface area contributed by atoms with Crippen LogP contribution >= 0.6 is 0 Å². The maximum Gasteiger partial charge on any atom is 0.410 e. The van der Waals surface area contributed by atoms with Crippen molar-refractivity contribution in [3.63, 3.8) is 0 Å². The van der Waals surface area contributed by atoms with E-state index in [0.717, 1.165) is 32.5 Å². The number of nitrogens with one attached hydrogen (secondary N) is 1. The fourth-order valence-electron chi connectivity index (χ4n) is 4.08. The first-order valence-corrected chi connectivity index (χ1v) is 10.9. The van der Waals surface area contributed by atoms with E-state index in [0.29, 0.717) is 19.6 Å². The van der Waals surface area contributed by atoms with Crippen molar-refractivity contribution in [2.45, 2.75) is 65.1 Å². The Hall–Kier alpha value is -2.08. The van der Waals surface area contributed by atoms with Gasteiger partial charge in [-0.05, 0) is 70.7 Å². The number of carbonyl (C=O) groups excluding carboxylic acids is 2. The minimum Gasteiger partial charge on any atom is -0.444 e. The molecule has 1 aromatic carbocycles. The molecule has 1 aromatic rings. The number of ether oxygens (including phenoxy) is 1. The molecule has 0 radical (unpaired) electrons. The molecule has 0 saturated carbocycles. The molecule has 6 nitrogen and oxygen atoms in total. The molecule has 0 aromatic heterocycles. The van der Waals surface area contributed by atoms with Gasteiger partial charge in [-0.2, -0.15) is 0 Å². The molecule has 0 spiro atoms. The molecule has 2 amide bonds. The molecule has 2 heterocycles. The molecule has 0 unspecified atom stereocenters. The predicted molar refractivity (Wildman–Crippen MR) is 113 cm³/mol. The van der Waals surface area contributed by atoms with Gasteiger partial charge in [-0.1, -0.05) is 24.3 Å². The number of carbonyl (C=O) groups is 2. The van der Waals surface area contributed by atoms with Crippen LogP contribution in [0.2, 0.25) is 0 Å². The van der Waals surface area contributed by atoms with Crippen molar-refractivity contribution in [1.29, 1.82) is 0 Å². The van der Waals surface area contributed by atoms with E-state index in [1.54, 1.807) is 4.90 Å². The van der Waals surface area contributed by atoms with E-state index in [1.807, 2.05) is 26.8 Å². The molecule has 0 bridgehead atoms. The van der Waals surface area contributed by atoms with Gasteiger partial charge in [-0.15, -0.1) is 0 Å². The van der Waals surface area contributed by atoms with Crippen molar-refractivity contribution in [2.75, 3.05) is 26.2 Å². The quantitative estimate of drug-likeness (QED) is 0.820. The molecule has 6 heteroatoms. The first-order chi connectivity index (χ1) is 13.8. The summed E-state index contributed by atoms with van der Waals surface area (Å²) in [6.45, 7) is 10.4. The molecule has 3 rings (SSSR count). The third-order valence-corrected chi connectivity index (χ3v) is 5.61. The van der Waals surface area contributed by atoms with Crippen LogP contribution in [0.3, 0.4) is 0 Å². The van der Waals surface area contributed by atoms with Crippen LogP contribution in [-0.2, 0) is 22.6 Å². The van der Waals surface area contributed by atoms with Gasteiger partial charge >= 0.3 is 6.09 Å². The molecule has 0 aliphatic carbocycles. The number of hydrogen-bond acceptors (Lipinski definition) is 4. The van der Waals surface area contributed by atoms with E-state index >= 15 is 0 Å². The van der Waals surface area contributed by atoms with Crippen LogP contribution in [0.25, 0.3) is 0 Å². The van der Waals surface area contributed by atoms with Gasteiger partial charge in [0.05, 0.1) is 5.92 Å². The van der Waals surface area contributed by atoms with E-state index in [9.17, 15) is 9.59 Å². The Labute approximate surface area is 174 Å². The highest BCUT2D eigenvalue weighted by atomic mass is 16.6. The lowest BCUT2D eigenvalue weighted by Gasteiger charge is -2.33. The van der Waals surface area contributed by atoms with E-state index in [1.165, 1.54) is 24.0 Å². The van der Waals surface area contributed by atoms with Crippen LogP contribution in [-0.4, -0.2) is 53.6 Å². The van der Waals surface area contributed by atoms with E-state index < -0.39 is 5.60 Å². The van der Waals surface area contributed by atoms with Gasteiger partial charge in [0.25, 0.3) is 0 Å². The second-order valence-electron chi connectivity index (χ2n) is 9.24. The van der Waals surface area contributed by atoms with Gasteiger partial charge < -0.3 is 15.0 Å². The lowest BCUT2D eigenvalue weighted by Crippen LogP contribution is -2.47. The van der Waals surface area contributed by atoms with E-state index in [2.05, 4.69) is 28.4 Å². The minimum atomic E-state index is -0.522. The summed E-state index contributed by atoms with van der Waals surface area (Å²) in [6.07, 6.45) is 3.85. The number of rotatable bonds is 5. The number of benzene rings is 1. The fraction of sp³-hybridized carbons (Fsp3) is 0.652. The van der Waals surface area contributed by atoms with Crippen molar-refractivity contribution >= 4 is 12.0 Å². The first kappa shape index (κ1) is 21.6. The summed E-state index contributed by atoms with van der Waals surface area (Å²) in [5, 5.41) is 3.11. The highest BCUT2D eigenvalue weighted by Gasteiger charge is 2.31. The topological polar surface area (TPSA) is 61.9 Å². The zero-order valence-corrected chi connectivity index (χ0v) is 18.1. The Morgan fingerprint density at radius 3 is 2.45 bits per heavy atom. The molecule has 1 atom stereocenters. The Kier molecular flexibility index (Phi) is 7.17. The van der Waals surface area contributed by atoms with Gasteiger partial charge in [-0.3, -0.25) is 9.69 Å². The van der Waals surface area contributed by atoms with Crippen molar-refractivity contribution < 1.29 is 14.3 Å². The monoisotopic (exact) mass is 401 g/mol. The molecular weight excluding hydrogens is 366 g/mol. The van der Waals surface area contributed by atoms with Crippen LogP contribution in [0.1, 0.15) is 57.6 Å². The standard InChI is InChI=1S/C23H35N3O3/c1-23(2,3)29-22(28)26-14-8-11-20(17-26)21(27)24-15-18-9-4-5-10-19(18)16-25-12-6-7-13-25/h4-5,9-10,20H,6-8,11-17H2,1-3H3,(H,24,27)/t20-/m1/s1. The van der Waals surface area contributed by atoms with Gasteiger partial charge in [0.2, 0.25) is 5.91 Å². The first-order valence-electron chi connectivity index (χ1n) is 10.9. The number of likely N-dealkylation sites (tertiary alicyclic amines) is 2. The highest BCUT2D eigenvalue weighted by Crippen LogP contribution is 2.20. The van der Waals surface area contributed by atoms with E-state index in [-0.39, 0.29) is 17.9 Å². The summed E-state index contributed by atoms with van der Waals surface area (Å²) < 4.78 is 5.46. The van der Waals surface area contributed by atoms with Crippen LogP contribution in [0, 0.1) is 5.92 Å². The Morgan fingerprint density at radius 2 is 1.76 bits per heavy atom. The zero-order chi connectivity index (χ0) is 20.9. The van der Waals surface area contributed by atoms with Crippen LogP contribution in [0.4, 0.5) is 4.79 Å². The Bertz CT molecular complexity index is 708. The maximum absolute atomic E-state index is 12.8. The molecule has 1 N–H and O–H groups in total. The third-order valence-electron chi connectivity index (χ3n) is 5.61. The van der Waals surface area contributed by atoms with Crippen molar-refractivity contribution in [3.8, 4) is 0 Å². The van der Waals surface area contributed by atoms with Crippen LogP contribution < -0.4 is 5.32 Å². The van der Waals surface area contributed by atoms with Crippen molar-refractivity contribution in [3.05, 3.63) is 35.4 Å². The fourth-order valence-corrected chi connectivity index (χ4v) is 4.08. The summed E-state index contributed by atoms with van der Waals surface area (Å²) in [7, 11) is 0. The normalized spacial score (nSPS) is 20.5. The summed E-state index contributed by atoms with van der Waals surface area (Å²) >= 11 is 0. The maximum atomic E-state index is 12.8. The molecule has 2 fully saturated rings. The molecule has 160 valence electrons. The van der Waals surface area contributed by atoms with Gasteiger partial charge in [0.1, 0.15) is 5.60 Å². The molecule has 2 aliphatic rings. The molecular formula is C23H35N3O3. The van der Waals surface area contributed by atoms with E-state index in [4.69, 9.17) is 4.74 Å². The molecule has 2 aliphatic heterocycles. The Balaban J connectivity index is 1.53. The van der Waals surface area contributed by atoms with Crippen molar-refractivity contribution in [2.24, 2.45) is 5.92 Å². The van der Waals surface area contributed by atoms with Crippen molar-refractivity contribution in [1.82, 2.24) is 15.1 Å². The van der Waals surface area contributed by atoms with Gasteiger partial charge in [0.15, 0.2) is 0 Å². The predicted octanol–water partition coefficient (Wildman–Crippen LogP) is 3.55. The lowest BCUT2D eigenvalue weighted by molar-refractivity contribution is -0.126. The average Bonchev–Trinajstić information content (AvgIpc) is 3.19. The summed E-state index contributed by atoms with van der Waals surface area (Å²) in [4.78, 5) is 29.3. The third kappa shape index (κ3) is 6.46. The molecule has 29 heavy (non-hydrogen) atoms.